The van der Waals surface area contributed by atoms with Crippen molar-refractivity contribution in [3.05, 3.63) is 302 Å². The van der Waals surface area contributed by atoms with Gasteiger partial charge in [0.05, 0.1) is 67.6 Å². The van der Waals surface area contributed by atoms with Crippen molar-refractivity contribution in [2.45, 2.75) is 27.7 Å². The van der Waals surface area contributed by atoms with Crippen LogP contribution in [0.1, 0.15) is 22.3 Å². The van der Waals surface area contributed by atoms with Gasteiger partial charge in [-0.05, 0) is 135 Å². The normalized spacial score (nSPS) is 11.6. The van der Waals surface area contributed by atoms with Gasteiger partial charge in [0.25, 0.3) is 0 Å². The highest BCUT2D eigenvalue weighted by Gasteiger charge is 2.32. The standard InChI is InChI=1S/C80H58N8/c1-51-21-5-9-33-63(51)85(67-37-13-25-55-29-17-45-81-77(55)67)71-49-72(86(64-34-10-6-22-52(64)2)68-38-14-26-56-30-18-46-82-78(56)68)60-43-44-62-74(88(66-36-12-8-24-54(66)4)70-40-16-28-58-32-20-48-84-80(58)70)50-73(61-42-41-59(71)75(60)76(61)62)87(65-35-11-7-23-53(65)3)69-39-15-27-57-31-19-47-83-79(57)69/h5-50H,1-4H3. The van der Waals surface area contributed by atoms with Gasteiger partial charge in [0.2, 0.25) is 0 Å². The Hall–Kier alpha value is -11.5. The highest BCUT2D eigenvalue weighted by atomic mass is 15.2. The van der Waals surface area contributed by atoms with Gasteiger partial charge in [-0.25, -0.2) is 0 Å². The predicted octanol–water partition coefficient (Wildman–Crippen LogP) is 21.9. The van der Waals surface area contributed by atoms with Crippen molar-refractivity contribution >= 4 is 144 Å². The first-order valence-corrected chi connectivity index (χ1v) is 29.9. The zero-order chi connectivity index (χ0) is 59.0. The monoisotopic (exact) mass is 1130 g/mol. The summed E-state index contributed by atoms with van der Waals surface area (Å²) in [5.74, 6) is 0. The number of anilines is 12. The third-order valence-electron chi connectivity index (χ3n) is 17.6. The Kier molecular flexibility index (Phi) is 12.6. The van der Waals surface area contributed by atoms with E-state index in [4.69, 9.17) is 19.9 Å². The molecule has 0 bridgehead atoms. The zero-order valence-electron chi connectivity index (χ0n) is 49.1. The molecule has 16 rings (SSSR count). The molecule has 0 saturated heterocycles. The fourth-order valence-corrected chi connectivity index (χ4v) is 13.5. The van der Waals surface area contributed by atoms with E-state index in [1.165, 1.54) is 0 Å². The molecule has 0 fully saturated rings. The molecule has 0 amide bonds. The maximum atomic E-state index is 5.20. The lowest BCUT2D eigenvalue weighted by Gasteiger charge is -2.35. The van der Waals surface area contributed by atoms with Gasteiger partial charge >= 0.3 is 0 Å². The molecule has 8 heteroatoms. The topological polar surface area (TPSA) is 64.5 Å². The van der Waals surface area contributed by atoms with E-state index in [0.717, 1.165) is 166 Å². The number of hydrogen-bond donors (Lipinski definition) is 0. The van der Waals surface area contributed by atoms with Gasteiger partial charge in [-0.15, -0.1) is 0 Å². The lowest BCUT2D eigenvalue weighted by molar-refractivity contribution is 1.23. The van der Waals surface area contributed by atoms with Gasteiger partial charge < -0.3 is 19.6 Å². The van der Waals surface area contributed by atoms with Crippen LogP contribution in [0.2, 0.25) is 0 Å². The van der Waals surface area contributed by atoms with E-state index in [0.29, 0.717) is 0 Å². The molecule has 0 N–H and O–H groups in total. The zero-order valence-corrected chi connectivity index (χ0v) is 49.1. The van der Waals surface area contributed by atoms with Crippen molar-refractivity contribution in [2.75, 3.05) is 19.6 Å². The number of para-hydroxylation sites is 8. The fraction of sp³-hybridized carbons (Fsp3) is 0.0500. The second kappa shape index (κ2) is 21.2. The van der Waals surface area contributed by atoms with Crippen LogP contribution in [0.3, 0.4) is 0 Å². The molecule has 0 aliphatic heterocycles. The molecule has 418 valence electrons. The lowest BCUT2D eigenvalue weighted by atomic mass is 9.88. The number of nitrogens with zero attached hydrogens (tertiary/aromatic N) is 8. The van der Waals surface area contributed by atoms with E-state index in [1.54, 1.807) is 0 Å². The summed E-state index contributed by atoms with van der Waals surface area (Å²) in [5, 5.41) is 10.7. The third kappa shape index (κ3) is 8.44. The number of aryl methyl sites for hydroxylation is 4. The van der Waals surface area contributed by atoms with E-state index in [9.17, 15) is 0 Å². The Morgan fingerprint density at radius 3 is 0.659 bits per heavy atom. The summed E-state index contributed by atoms with van der Waals surface area (Å²) in [7, 11) is 0. The number of pyridine rings is 4. The Morgan fingerprint density at radius 1 is 0.205 bits per heavy atom. The molecule has 16 aromatic rings. The van der Waals surface area contributed by atoms with Crippen LogP contribution in [-0.2, 0) is 0 Å². The quantitative estimate of drug-likeness (QED) is 0.112. The SMILES string of the molecule is Cc1ccccc1N(c1cc(N(c2ccccc2C)c2cccc3cccnc23)c2ccc3c(N(c4ccccc4C)c4cccc5cccnc45)cc(N(c4ccccc4C)c4cccc5cccnc45)c4ccc1c2c43)c1cccc2cccnc12. The van der Waals surface area contributed by atoms with E-state index in [2.05, 4.69) is 278 Å². The van der Waals surface area contributed by atoms with Crippen molar-refractivity contribution in [1.29, 1.82) is 0 Å². The highest BCUT2D eigenvalue weighted by molar-refractivity contribution is 6.33. The number of benzene rings is 12. The first kappa shape index (κ1) is 52.1. The second-order valence-corrected chi connectivity index (χ2v) is 22.8. The largest absolute Gasteiger partial charge is 0.307 e. The van der Waals surface area contributed by atoms with E-state index < -0.39 is 0 Å². The van der Waals surface area contributed by atoms with Gasteiger partial charge in [-0.2, -0.15) is 0 Å². The summed E-state index contributed by atoms with van der Waals surface area (Å²) < 4.78 is 0. The molecule has 0 aliphatic rings. The number of aromatic nitrogens is 4. The number of fused-ring (bicyclic) bond motifs is 4. The molecular formula is C80H58N8. The molecular weight excluding hydrogens is 1070 g/mol. The Morgan fingerprint density at radius 2 is 0.420 bits per heavy atom. The molecule has 8 nitrogen and oxygen atoms in total. The van der Waals surface area contributed by atoms with Crippen LogP contribution in [0.15, 0.2) is 280 Å². The van der Waals surface area contributed by atoms with Crippen molar-refractivity contribution in [2.24, 2.45) is 0 Å². The lowest BCUT2D eigenvalue weighted by Crippen LogP contribution is -2.17. The van der Waals surface area contributed by atoms with Gasteiger partial charge in [0.1, 0.15) is 0 Å². The molecule has 4 aromatic heterocycles. The van der Waals surface area contributed by atoms with Crippen LogP contribution < -0.4 is 19.6 Å². The van der Waals surface area contributed by atoms with Crippen LogP contribution in [0.25, 0.3) is 75.9 Å². The fourth-order valence-electron chi connectivity index (χ4n) is 13.5. The van der Waals surface area contributed by atoms with Crippen LogP contribution in [0.4, 0.5) is 68.2 Å². The van der Waals surface area contributed by atoms with Crippen LogP contribution in [0.5, 0.6) is 0 Å². The summed E-state index contributed by atoms with van der Waals surface area (Å²) in [6.45, 7) is 8.84. The number of rotatable bonds is 12. The minimum Gasteiger partial charge on any atom is -0.307 e. The van der Waals surface area contributed by atoms with Gasteiger partial charge in [0, 0.05) is 101 Å². The Bertz CT molecular complexity index is 4720. The first-order valence-electron chi connectivity index (χ1n) is 29.9. The van der Waals surface area contributed by atoms with E-state index in [-0.39, 0.29) is 0 Å². The Balaban J connectivity index is 1.15. The third-order valence-corrected chi connectivity index (χ3v) is 17.6. The van der Waals surface area contributed by atoms with Gasteiger partial charge in [-0.1, -0.05) is 170 Å². The minimum atomic E-state index is 0.897. The van der Waals surface area contributed by atoms with Crippen molar-refractivity contribution in [3.8, 4) is 0 Å². The summed E-state index contributed by atoms with van der Waals surface area (Å²) >= 11 is 0. The molecule has 0 saturated carbocycles. The maximum Gasteiger partial charge on any atom is 0.0942 e. The number of hydrogen-bond acceptors (Lipinski definition) is 8. The summed E-state index contributed by atoms with van der Waals surface area (Å²) in [6, 6.07) is 92.1. The molecule has 4 heterocycles. The van der Waals surface area contributed by atoms with Crippen molar-refractivity contribution in [3.63, 3.8) is 0 Å². The minimum absolute atomic E-state index is 0.897. The molecule has 0 spiro atoms. The molecule has 12 aromatic carbocycles. The van der Waals surface area contributed by atoms with Crippen molar-refractivity contribution in [1.82, 2.24) is 19.9 Å². The van der Waals surface area contributed by atoms with Crippen LogP contribution in [-0.4, -0.2) is 19.9 Å². The predicted molar refractivity (Wildman–Crippen MR) is 369 cm³/mol. The first-order chi connectivity index (χ1) is 43.4. The Labute approximate surface area is 510 Å². The average Bonchev–Trinajstić information content (AvgIpc) is 0.942. The molecule has 0 radical (unpaired) electrons. The summed E-state index contributed by atoms with van der Waals surface area (Å²) in [5.41, 5.74) is 20.1. The van der Waals surface area contributed by atoms with Gasteiger partial charge in [0.15, 0.2) is 0 Å². The summed E-state index contributed by atoms with van der Waals surface area (Å²) in [6.07, 6.45) is 7.63. The van der Waals surface area contributed by atoms with Crippen LogP contribution in [0, 0.1) is 27.7 Å². The average molecular weight is 1130 g/mol. The van der Waals surface area contributed by atoms with Crippen LogP contribution >= 0.6 is 0 Å². The molecule has 88 heavy (non-hydrogen) atoms. The highest BCUT2D eigenvalue weighted by Crippen LogP contribution is 2.57. The maximum absolute atomic E-state index is 5.20. The molecule has 0 aliphatic carbocycles. The second-order valence-electron chi connectivity index (χ2n) is 22.8. The summed E-state index contributed by atoms with van der Waals surface area (Å²) in [4.78, 5) is 30.6. The van der Waals surface area contributed by atoms with E-state index in [1.807, 2.05) is 49.1 Å². The van der Waals surface area contributed by atoms with Gasteiger partial charge in [-0.3, -0.25) is 19.9 Å². The molecule has 0 atom stereocenters. The van der Waals surface area contributed by atoms with Crippen molar-refractivity contribution < 1.29 is 0 Å². The smallest absolute Gasteiger partial charge is 0.0942 e. The van der Waals surface area contributed by atoms with E-state index >= 15 is 0 Å². The molecule has 0 unspecified atom stereocenters.